The van der Waals surface area contributed by atoms with Crippen molar-refractivity contribution in [1.29, 1.82) is 0 Å². The minimum atomic E-state index is 0.922. The zero-order valence-electron chi connectivity index (χ0n) is 9.95. The van der Waals surface area contributed by atoms with Crippen LogP contribution in [0.1, 0.15) is 18.2 Å². The smallest absolute Gasteiger partial charge is 0.0544 e. The van der Waals surface area contributed by atoms with Gasteiger partial charge in [0, 0.05) is 25.8 Å². The van der Waals surface area contributed by atoms with E-state index in [1.807, 2.05) is 13.2 Å². The molecule has 0 aliphatic carbocycles. The van der Waals surface area contributed by atoms with Gasteiger partial charge in [-0.3, -0.25) is 9.88 Å². The van der Waals surface area contributed by atoms with E-state index in [9.17, 15) is 0 Å². The molecule has 3 nitrogen and oxygen atoms in total. The molecule has 0 aliphatic heterocycles. The summed E-state index contributed by atoms with van der Waals surface area (Å²) in [7, 11) is 4.09. The van der Waals surface area contributed by atoms with E-state index >= 15 is 0 Å². The summed E-state index contributed by atoms with van der Waals surface area (Å²) in [5.74, 6) is 0. The Morgan fingerprint density at radius 1 is 1.40 bits per heavy atom. The summed E-state index contributed by atoms with van der Waals surface area (Å²) in [6.07, 6.45) is 3.03. The van der Waals surface area contributed by atoms with Crippen molar-refractivity contribution in [1.82, 2.24) is 15.2 Å². The van der Waals surface area contributed by atoms with Gasteiger partial charge in [0.25, 0.3) is 0 Å². The topological polar surface area (TPSA) is 28.2 Å². The Morgan fingerprint density at radius 2 is 2.20 bits per heavy atom. The molecule has 1 N–H and O–H groups in total. The molecule has 1 rings (SSSR count). The summed E-state index contributed by atoms with van der Waals surface area (Å²) in [5.41, 5.74) is 2.45. The van der Waals surface area contributed by atoms with E-state index in [1.54, 1.807) is 0 Å². The fourth-order valence-corrected chi connectivity index (χ4v) is 1.42. The number of nitrogens with zero attached hydrogens (tertiary/aromatic N) is 2. The molecule has 0 aliphatic rings. The van der Waals surface area contributed by atoms with E-state index in [2.05, 4.69) is 41.3 Å². The molecule has 1 heterocycles. The Labute approximate surface area is 92.5 Å². The molecule has 0 saturated carbocycles. The van der Waals surface area contributed by atoms with Crippen molar-refractivity contribution in [2.45, 2.75) is 19.9 Å². The highest BCUT2D eigenvalue weighted by atomic mass is 15.1. The van der Waals surface area contributed by atoms with Crippen molar-refractivity contribution < 1.29 is 0 Å². The van der Waals surface area contributed by atoms with Gasteiger partial charge >= 0.3 is 0 Å². The van der Waals surface area contributed by atoms with Crippen LogP contribution >= 0.6 is 0 Å². The van der Waals surface area contributed by atoms with Crippen LogP contribution in [0, 0.1) is 0 Å². The quantitative estimate of drug-likeness (QED) is 0.762. The van der Waals surface area contributed by atoms with Crippen LogP contribution in [-0.2, 0) is 13.0 Å². The molecule has 0 unspecified atom stereocenters. The normalized spacial score (nSPS) is 10.9. The van der Waals surface area contributed by atoms with Crippen molar-refractivity contribution in [2.75, 3.05) is 27.2 Å². The maximum Gasteiger partial charge on any atom is 0.0544 e. The zero-order valence-corrected chi connectivity index (χ0v) is 9.95. The molecule has 0 fully saturated rings. The van der Waals surface area contributed by atoms with Gasteiger partial charge in [0.05, 0.1) is 5.69 Å². The molecule has 0 bridgehead atoms. The third kappa shape index (κ3) is 4.40. The van der Waals surface area contributed by atoms with E-state index in [0.717, 1.165) is 31.7 Å². The predicted molar refractivity (Wildman–Crippen MR) is 63.9 cm³/mol. The van der Waals surface area contributed by atoms with Crippen LogP contribution in [-0.4, -0.2) is 37.1 Å². The minimum absolute atomic E-state index is 0.922. The summed E-state index contributed by atoms with van der Waals surface area (Å²) in [4.78, 5) is 6.70. The molecule has 0 saturated heterocycles. The SMILES string of the molecule is CCc1ccc(CN(C)CCNC)nc1. The number of aryl methyl sites for hydroxylation is 1. The number of nitrogens with one attached hydrogen (secondary N) is 1. The van der Waals surface area contributed by atoms with Gasteiger partial charge in [-0.15, -0.1) is 0 Å². The fourth-order valence-electron chi connectivity index (χ4n) is 1.42. The van der Waals surface area contributed by atoms with Crippen molar-refractivity contribution in [2.24, 2.45) is 0 Å². The van der Waals surface area contributed by atoms with Crippen molar-refractivity contribution in [3.8, 4) is 0 Å². The van der Waals surface area contributed by atoms with Gasteiger partial charge in [0.1, 0.15) is 0 Å². The van der Waals surface area contributed by atoms with Gasteiger partial charge < -0.3 is 5.32 Å². The van der Waals surface area contributed by atoms with Gasteiger partial charge in [-0.2, -0.15) is 0 Å². The number of rotatable bonds is 6. The Kier molecular flexibility index (Phi) is 5.29. The van der Waals surface area contributed by atoms with Gasteiger partial charge in [-0.05, 0) is 32.1 Å². The van der Waals surface area contributed by atoms with Gasteiger partial charge in [-0.25, -0.2) is 0 Å². The lowest BCUT2D eigenvalue weighted by Crippen LogP contribution is -2.27. The van der Waals surface area contributed by atoms with E-state index in [1.165, 1.54) is 5.56 Å². The summed E-state index contributed by atoms with van der Waals surface area (Å²) < 4.78 is 0. The van der Waals surface area contributed by atoms with Gasteiger partial charge in [0.2, 0.25) is 0 Å². The summed E-state index contributed by atoms with van der Waals surface area (Å²) >= 11 is 0. The monoisotopic (exact) mass is 207 g/mol. The van der Waals surface area contributed by atoms with Crippen molar-refractivity contribution in [3.05, 3.63) is 29.6 Å². The van der Waals surface area contributed by atoms with Gasteiger partial charge in [0.15, 0.2) is 0 Å². The first-order valence-electron chi connectivity index (χ1n) is 5.53. The number of pyridine rings is 1. The van der Waals surface area contributed by atoms with Crippen molar-refractivity contribution in [3.63, 3.8) is 0 Å². The molecule has 1 aromatic heterocycles. The Balaban J connectivity index is 2.42. The number of likely N-dealkylation sites (N-methyl/N-ethyl adjacent to an activating group) is 2. The molecule has 0 aromatic carbocycles. The maximum atomic E-state index is 4.44. The van der Waals surface area contributed by atoms with Crippen LogP contribution in [0.3, 0.4) is 0 Å². The number of hydrogen-bond acceptors (Lipinski definition) is 3. The predicted octanol–water partition coefficient (Wildman–Crippen LogP) is 1.30. The number of aromatic nitrogens is 1. The number of hydrogen-bond donors (Lipinski definition) is 1. The molecular weight excluding hydrogens is 186 g/mol. The standard InChI is InChI=1S/C12H21N3/c1-4-11-5-6-12(14-9-11)10-15(3)8-7-13-2/h5-6,9,13H,4,7-8,10H2,1-3H3. The average molecular weight is 207 g/mol. The first-order chi connectivity index (χ1) is 7.26. The molecule has 3 heteroatoms. The third-order valence-corrected chi connectivity index (χ3v) is 2.47. The molecule has 84 valence electrons. The van der Waals surface area contributed by atoms with Crippen LogP contribution in [0.2, 0.25) is 0 Å². The second kappa shape index (κ2) is 6.53. The lowest BCUT2D eigenvalue weighted by molar-refractivity contribution is 0.324. The Hall–Kier alpha value is -0.930. The average Bonchev–Trinajstić information content (AvgIpc) is 2.27. The third-order valence-electron chi connectivity index (χ3n) is 2.47. The summed E-state index contributed by atoms with van der Waals surface area (Å²) in [6.45, 7) is 5.14. The maximum absolute atomic E-state index is 4.44. The summed E-state index contributed by atoms with van der Waals surface area (Å²) in [5, 5.41) is 3.14. The first kappa shape index (κ1) is 12.1. The van der Waals surface area contributed by atoms with Crippen LogP contribution in [0.25, 0.3) is 0 Å². The van der Waals surface area contributed by atoms with E-state index < -0.39 is 0 Å². The first-order valence-corrected chi connectivity index (χ1v) is 5.53. The highest BCUT2D eigenvalue weighted by Gasteiger charge is 2.00. The van der Waals surface area contributed by atoms with E-state index in [4.69, 9.17) is 0 Å². The second-order valence-electron chi connectivity index (χ2n) is 3.85. The van der Waals surface area contributed by atoms with E-state index in [-0.39, 0.29) is 0 Å². The molecule has 0 radical (unpaired) electrons. The lowest BCUT2D eigenvalue weighted by atomic mass is 10.2. The molecule has 0 spiro atoms. The minimum Gasteiger partial charge on any atom is -0.318 e. The van der Waals surface area contributed by atoms with Gasteiger partial charge in [-0.1, -0.05) is 13.0 Å². The van der Waals surface area contributed by atoms with Crippen LogP contribution < -0.4 is 5.32 Å². The second-order valence-corrected chi connectivity index (χ2v) is 3.85. The largest absolute Gasteiger partial charge is 0.318 e. The molecule has 1 aromatic rings. The zero-order chi connectivity index (χ0) is 11.1. The fraction of sp³-hybridized carbons (Fsp3) is 0.583. The molecule has 0 amide bonds. The Morgan fingerprint density at radius 3 is 2.73 bits per heavy atom. The highest BCUT2D eigenvalue weighted by molar-refractivity contribution is 5.13. The van der Waals surface area contributed by atoms with Crippen LogP contribution in [0.15, 0.2) is 18.3 Å². The molecule has 0 atom stereocenters. The van der Waals surface area contributed by atoms with Crippen molar-refractivity contribution >= 4 is 0 Å². The summed E-state index contributed by atoms with van der Waals surface area (Å²) in [6, 6.07) is 4.28. The highest BCUT2D eigenvalue weighted by Crippen LogP contribution is 2.03. The van der Waals surface area contributed by atoms with Crippen LogP contribution in [0.5, 0.6) is 0 Å². The Bertz CT molecular complexity index is 269. The van der Waals surface area contributed by atoms with E-state index in [0.29, 0.717) is 0 Å². The molecule has 15 heavy (non-hydrogen) atoms. The van der Waals surface area contributed by atoms with Crippen LogP contribution in [0.4, 0.5) is 0 Å². The lowest BCUT2D eigenvalue weighted by Gasteiger charge is -2.15. The molecular formula is C12H21N3.